The van der Waals surface area contributed by atoms with Gasteiger partial charge >= 0.3 is 0 Å². The minimum absolute atomic E-state index is 0.201. The number of ether oxygens (including phenoxy) is 2. The lowest BCUT2D eigenvalue weighted by atomic mass is 9.72. The maximum Gasteiger partial charge on any atom is 0.171 e. The average Bonchev–Trinajstić information content (AvgIpc) is 2.45. The van der Waals surface area contributed by atoms with Gasteiger partial charge in [-0.05, 0) is 42.9 Å². The highest BCUT2D eigenvalue weighted by molar-refractivity contribution is 4.93. The Morgan fingerprint density at radius 3 is 2.64 bits per heavy atom. The largest absolute Gasteiger partial charge is 0.349 e. The molecule has 1 saturated carbocycles. The van der Waals surface area contributed by atoms with Crippen LogP contribution in [-0.4, -0.2) is 18.5 Å². The number of rotatable bonds is 5. The zero-order chi connectivity index (χ0) is 16.4. The Labute approximate surface area is 137 Å². The summed E-state index contributed by atoms with van der Waals surface area (Å²) >= 11 is 0. The summed E-state index contributed by atoms with van der Waals surface area (Å²) in [7, 11) is 0. The summed E-state index contributed by atoms with van der Waals surface area (Å²) in [5, 5.41) is 0. The van der Waals surface area contributed by atoms with E-state index < -0.39 is 0 Å². The van der Waals surface area contributed by atoms with Gasteiger partial charge in [0.25, 0.3) is 0 Å². The summed E-state index contributed by atoms with van der Waals surface area (Å²) in [5.41, 5.74) is 0.201. The molecule has 1 aliphatic carbocycles. The molecule has 0 aromatic heterocycles. The van der Waals surface area contributed by atoms with Crippen LogP contribution in [0.3, 0.4) is 0 Å². The summed E-state index contributed by atoms with van der Waals surface area (Å²) in [4.78, 5) is 0. The third-order valence-corrected chi connectivity index (χ3v) is 5.79. The first-order valence-electron chi connectivity index (χ1n) is 9.23. The van der Waals surface area contributed by atoms with Gasteiger partial charge in [0.1, 0.15) is 0 Å². The molecule has 128 valence electrons. The molecular weight excluding hydrogens is 272 g/mol. The molecule has 2 nitrogen and oxygen atoms in total. The molecule has 2 heteroatoms. The molecule has 4 atom stereocenters. The van der Waals surface area contributed by atoms with E-state index in [1.807, 2.05) is 0 Å². The quantitative estimate of drug-likeness (QED) is 0.618. The summed E-state index contributed by atoms with van der Waals surface area (Å²) in [6.07, 6.45) is 9.32. The van der Waals surface area contributed by atoms with E-state index in [1.165, 1.54) is 12.8 Å². The van der Waals surface area contributed by atoms with E-state index in [-0.39, 0.29) is 11.2 Å². The van der Waals surface area contributed by atoms with Gasteiger partial charge in [0.2, 0.25) is 0 Å². The van der Waals surface area contributed by atoms with Gasteiger partial charge in [0.15, 0.2) is 5.79 Å². The van der Waals surface area contributed by atoms with Crippen molar-refractivity contribution in [2.24, 2.45) is 23.2 Å². The smallest absolute Gasteiger partial charge is 0.171 e. The van der Waals surface area contributed by atoms with Crippen LogP contribution in [0.2, 0.25) is 0 Å². The predicted molar refractivity (Wildman–Crippen MR) is 92.7 cm³/mol. The lowest BCUT2D eigenvalue weighted by Crippen LogP contribution is -2.54. The Morgan fingerprint density at radius 2 is 2.00 bits per heavy atom. The molecule has 0 N–H and O–H groups in total. The van der Waals surface area contributed by atoms with Crippen LogP contribution in [-0.2, 0) is 9.47 Å². The van der Waals surface area contributed by atoms with Gasteiger partial charge in [0, 0.05) is 12.3 Å². The molecule has 0 amide bonds. The van der Waals surface area contributed by atoms with E-state index in [0.29, 0.717) is 23.9 Å². The fourth-order valence-electron chi connectivity index (χ4n) is 4.14. The van der Waals surface area contributed by atoms with Crippen LogP contribution in [0.15, 0.2) is 12.7 Å². The number of allylic oxidation sites excluding steroid dienone is 1. The first-order chi connectivity index (χ1) is 10.3. The molecule has 0 aromatic rings. The first kappa shape index (κ1) is 18.0. The van der Waals surface area contributed by atoms with E-state index in [2.05, 4.69) is 47.3 Å². The molecular formula is C20H36O2. The van der Waals surface area contributed by atoms with Crippen LogP contribution in [0, 0.1) is 23.2 Å². The van der Waals surface area contributed by atoms with Crippen molar-refractivity contribution in [3.63, 3.8) is 0 Å². The Morgan fingerprint density at radius 1 is 1.27 bits per heavy atom. The second-order valence-electron chi connectivity index (χ2n) is 8.66. The summed E-state index contributed by atoms with van der Waals surface area (Å²) in [5.74, 6) is 1.56. The highest BCUT2D eigenvalue weighted by Crippen LogP contribution is 2.47. The van der Waals surface area contributed by atoms with Crippen molar-refractivity contribution in [2.45, 2.75) is 85.0 Å². The fourth-order valence-corrected chi connectivity index (χ4v) is 4.14. The number of hydrogen-bond acceptors (Lipinski definition) is 2. The molecule has 2 fully saturated rings. The van der Waals surface area contributed by atoms with E-state index in [9.17, 15) is 0 Å². The van der Waals surface area contributed by atoms with Crippen LogP contribution >= 0.6 is 0 Å². The van der Waals surface area contributed by atoms with Gasteiger partial charge in [-0.15, -0.1) is 6.58 Å². The molecule has 1 spiro atoms. The molecule has 0 aromatic carbocycles. The minimum Gasteiger partial charge on any atom is -0.349 e. The highest BCUT2D eigenvalue weighted by atomic mass is 16.7. The maximum absolute atomic E-state index is 6.64. The zero-order valence-electron chi connectivity index (χ0n) is 15.4. The number of hydrogen-bond donors (Lipinski definition) is 0. The van der Waals surface area contributed by atoms with Gasteiger partial charge in [0.05, 0.1) is 12.7 Å². The molecule has 0 bridgehead atoms. The van der Waals surface area contributed by atoms with Crippen molar-refractivity contribution in [2.75, 3.05) is 6.61 Å². The monoisotopic (exact) mass is 308 g/mol. The average molecular weight is 309 g/mol. The third kappa shape index (κ3) is 4.14. The summed E-state index contributed by atoms with van der Waals surface area (Å²) in [6, 6.07) is 0. The Kier molecular flexibility index (Phi) is 5.77. The Hall–Kier alpha value is -0.340. The topological polar surface area (TPSA) is 18.5 Å². The zero-order valence-corrected chi connectivity index (χ0v) is 15.4. The van der Waals surface area contributed by atoms with E-state index in [4.69, 9.17) is 9.47 Å². The van der Waals surface area contributed by atoms with Crippen molar-refractivity contribution in [1.29, 1.82) is 0 Å². The first-order valence-corrected chi connectivity index (χ1v) is 9.23. The molecule has 2 aliphatic rings. The van der Waals surface area contributed by atoms with Crippen molar-refractivity contribution < 1.29 is 9.47 Å². The minimum atomic E-state index is -0.312. The van der Waals surface area contributed by atoms with Crippen LogP contribution < -0.4 is 0 Å². The van der Waals surface area contributed by atoms with Gasteiger partial charge in [-0.3, -0.25) is 0 Å². The molecule has 3 unspecified atom stereocenters. The molecule has 1 heterocycles. The standard InChI is InChI=1S/C20H36O2/c1-7-19(5,6)12-10-17-11-13-21-20(22-17)14-16(4)8-9-18(20)15(2)3/h7,15-18H,1,8-14H2,2-6H3/t16-,17?,18?,20?/m1/s1. The van der Waals surface area contributed by atoms with Gasteiger partial charge < -0.3 is 9.47 Å². The SMILES string of the molecule is C=CC(C)(C)CCC1CCOC2(C[C@H](C)CCC2C(C)C)O1. The summed E-state index contributed by atoms with van der Waals surface area (Å²) < 4.78 is 12.9. The second-order valence-corrected chi connectivity index (χ2v) is 8.66. The van der Waals surface area contributed by atoms with E-state index in [1.54, 1.807) is 0 Å². The Balaban J connectivity index is 2.04. The Bertz CT molecular complexity index is 374. The fraction of sp³-hybridized carbons (Fsp3) is 0.900. The summed E-state index contributed by atoms with van der Waals surface area (Å²) in [6.45, 7) is 16.3. The van der Waals surface area contributed by atoms with E-state index >= 15 is 0 Å². The van der Waals surface area contributed by atoms with Crippen molar-refractivity contribution in [1.82, 2.24) is 0 Å². The molecule has 22 heavy (non-hydrogen) atoms. The lowest BCUT2D eigenvalue weighted by molar-refractivity contribution is -0.339. The van der Waals surface area contributed by atoms with Gasteiger partial charge in [-0.25, -0.2) is 0 Å². The van der Waals surface area contributed by atoms with Gasteiger partial charge in [-0.1, -0.05) is 47.1 Å². The van der Waals surface area contributed by atoms with Crippen molar-refractivity contribution in [3.05, 3.63) is 12.7 Å². The predicted octanol–water partition coefficient (Wildman–Crippen LogP) is 5.57. The second kappa shape index (κ2) is 7.05. The van der Waals surface area contributed by atoms with Crippen LogP contribution in [0.25, 0.3) is 0 Å². The molecule has 1 saturated heterocycles. The molecule has 2 rings (SSSR count). The highest BCUT2D eigenvalue weighted by Gasteiger charge is 2.49. The lowest BCUT2D eigenvalue weighted by Gasteiger charge is -2.51. The van der Waals surface area contributed by atoms with Crippen LogP contribution in [0.1, 0.15) is 73.1 Å². The van der Waals surface area contributed by atoms with Crippen molar-refractivity contribution >= 4 is 0 Å². The van der Waals surface area contributed by atoms with E-state index in [0.717, 1.165) is 32.3 Å². The van der Waals surface area contributed by atoms with Gasteiger partial charge in [-0.2, -0.15) is 0 Å². The molecule has 0 radical (unpaired) electrons. The molecule has 1 aliphatic heterocycles. The normalized spacial score (nSPS) is 36.7. The van der Waals surface area contributed by atoms with Crippen LogP contribution in [0.4, 0.5) is 0 Å². The third-order valence-electron chi connectivity index (χ3n) is 5.79. The maximum atomic E-state index is 6.64. The van der Waals surface area contributed by atoms with Crippen molar-refractivity contribution in [3.8, 4) is 0 Å². The van der Waals surface area contributed by atoms with Crippen LogP contribution in [0.5, 0.6) is 0 Å².